The van der Waals surface area contributed by atoms with Gasteiger partial charge in [0.2, 0.25) is 0 Å². The number of aryl methyl sites for hydroxylation is 1. The Hall–Kier alpha value is -2.40. The number of nitrogens with zero attached hydrogens (tertiary/aromatic N) is 1. The Morgan fingerprint density at radius 2 is 1.71 bits per heavy atom. The first-order valence-corrected chi connectivity index (χ1v) is 8.21. The van der Waals surface area contributed by atoms with Gasteiger partial charge in [0.15, 0.2) is 5.11 Å². The molecule has 0 heterocycles. The van der Waals surface area contributed by atoms with Crippen LogP contribution in [-0.2, 0) is 11.2 Å². The predicted octanol–water partition coefficient (Wildman–Crippen LogP) is 3.54. The van der Waals surface area contributed by atoms with Crippen molar-refractivity contribution >= 4 is 29.8 Å². The van der Waals surface area contributed by atoms with Crippen LogP contribution in [0.4, 0.5) is 5.69 Å². The minimum atomic E-state index is 0.234. The molecule has 0 unspecified atom stereocenters. The lowest BCUT2D eigenvalue weighted by Crippen LogP contribution is -2.37. The second-order valence-corrected chi connectivity index (χ2v) is 5.61. The summed E-state index contributed by atoms with van der Waals surface area (Å²) >= 11 is 5.37. The van der Waals surface area contributed by atoms with Gasteiger partial charge in [-0.25, -0.2) is 0 Å². The van der Waals surface area contributed by atoms with Crippen LogP contribution >= 0.6 is 12.2 Å². The molecule has 0 aliphatic rings. The fourth-order valence-electron chi connectivity index (χ4n) is 2.27. The van der Waals surface area contributed by atoms with Gasteiger partial charge in [-0.15, -0.1) is 0 Å². The molecule has 0 amide bonds. The van der Waals surface area contributed by atoms with Crippen LogP contribution in [0.5, 0.6) is 5.75 Å². The van der Waals surface area contributed by atoms with Crippen molar-refractivity contribution in [3.8, 4) is 5.75 Å². The number of rotatable bonds is 6. The van der Waals surface area contributed by atoms with Gasteiger partial charge in [0, 0.05) is 13.6 Å². The van der Waals surface area contributed by atoms with Crippen molar-refractivity contribution in [2.75, 3.05) is 18.5 Å². The average Bonchev–Trinajstić information content (AvgIpc) is 2.63. The average molecular weight is 344 g/mol. The van der Waals surface area contributed by atoms with Gasteiger partial charge in [0.1, 0.15) is 12.5 Å². The molecule has 0 bridgehead atoms. The molecule has 0 aromatic heterocycles. The van der Waals surface area contributed by atoms with Crippen LogP contribution in [0.3, 0.4) is 0 Å². The number of anilines is 1. The lowest BCUT2D eigenvalue weighted by Gasteiger charge is -2.21. The number of carbonyl (C=O) groups is 1. The third kappa shape index (κ3) is 6.38. The van der Waals surface area contributed by atoms with E-state index in [0.717, 1.165) is 25.8 Å². The number of unbranched alkanes of at least 4 members (excludes halogenated alkanes) is 1. The Bertz CT molecular complexity index is 620. The zero-order valence-corrected chi connectivity index (χ0v) is 14.8. The maximum Gasteiger partial charge on any atom is 0.173 e. The van der Waals surface area contributed by atoms with Crippen molar-refractivity contribution < 1.29 is 9.90 Å². The number of thiocarbonyl (C=S) groups is 1. The van der Waals surface area contributed by atoms with Crippen LogP contribution in [0.1, 0.15) is 18.4 Å². The second-order valence-electron chi connectivity index (χ2n) is 5.22. The van der Waals surface area contributed by atoms with Gasteiger partial charge in [0.05, 0.1) is 5.69 Å². The van der Waals surface area contributed by atoms with Gasteiger partial charge in [0.25, 0.3) is 0 Å². The molecule has 0 saturated heterocycles. The number of aromatic hydroxyl groups is 1. The molecule has 0 spiro atoms. The van der Waals surface area contributed by atoms with Crippen LogP contribution in [0.25, 0.3) is 0 Å². The standard InChI is InChI=1S/C18H22N2OS.CH2O/c1-20(16-12-5-6-13-17(16)21)18(22)19-14-8-7-11-15-9-3-2-4-10-15;1-2/h2-6,9-10,12-13,21H,7-8,11,14H2,1H3,(H,19,22);1H2. The van der Waals surface area contributed by atoms with Crippen LogP contribution < -0.4 is 10.2 Å². The number of phenolic OH excluding ortho intramolecular Hbond substituents is 1. The molecule has 2 aromatic rings. The first kappa shape index (κ1) is 19.6. The van der Waals surface area contributed by atoms with Gasteiger partial charge < -0.3 is 20.1 Å². The second kappa shape index (κ2) is 11.2. The van der Waals surface area contributed by atoms with E-state index in [1.165, 1.54) is 5.56 Å². The number of para-hydroxylation sites is 2. The van der Waals surface area contributed by atoms with E-state index in [0.29, 0.717) is 10.8 Å². The third-order valence-electron chi connectivity index (χ3n) is 3.56. The third-order valence-corrected chi connectivity index (χ3v) is 3.98. The molecule has 0 fully saturated rings. The predicted molar refractivity (Wildman–Crippen MR) is 104 cm³/mol. The van der Waals surface area contributed by atoms with Gasteiger partial charge >= 0.3 is 0 Å². The molecule has 5 heteroatoms. The van der Waals surface area contributed by atoms with Gasteiger partial charge in [-0.1, -0.05) is 42.5 Å². The quantitative estimate of drug-likeness (QED) is 0.620. The highest BCUT2D eigenvalue weighted by atomic mass is 32.1. The summed E-state index contributed by atoms with van der Waals surface area (Å²) in [6.45, 7) is 2.84. The molecule has 0 atom stereocenters. The van der Waals surface area contributed by atoms with E-state index < -0.39 is 0 Å². The summed E-state index contributed by atoms with van der Waals surface area (Å²) in [6, 6.07) is 17.7. The summed E-state index contributed by atoms with van der Waals surface area (Å²) in [7, 11) is 1.86. The SMILES string of the molecule is C=O.CN(C(=S)NCCCCc1ccccc1)c1ccccc1O. The number of carbonyl (C=O) groups excluding carboxylic acids is 1. The number of hydrogen-bond donors (Lipinski definition) is 2. The summed E-state index contributed by atoms with van der Waals surface area (Å²) in [4.78, 5) is 9.79. The summed E-state index contributed by atoms with van der Waals surface area (Å²) < 4.78 is 0. The Balaban J connectivity index is 0.00000139. The van der Waals surface area contributed by atoms with Crippen molar-refractivity contribution in [1.29, 1.82) is 0 Å². The molecule has 0 aliphatic carbocycles. The van der Waals surface area contributed by atoms with E-state index in [9.17, 15) is 5.11 Å². The summed E-state index contributed by atoms with van der Waals surface area (Å²) in [5.74, 6) is 0.234. The summed E-state index contributed by atoms with van der Waals surface area (Å²) in [5.41, 5.74) is 2.08. The van der Waals surface area contributed by atoms with Crippen molar-refractivity contribution in [3.05, 3.63) is 60.2 Å². The fraction of sp³-hybridized carbons (Fsp3) is 0.263. The summed E-state index contributed by atoms with van der Waals surface area (Å²) in [5, 5.41) is 13.7. The zero-order chi connectivity index (χ0) is 17.8. The Morgan fingerprint density at radius 1 is 1.08 bits per heavy atom. The zero-order valence-electron chi connectivity index (χ0n) is 13.9. The van der Waals surface area contributed by atoms with Gasteiger partial charge in [-0.3, -0.25) is 0 Å². The topological polar surface area (TPSA) is 52.6 Å². The van der Waals surface area contributed by atoms with Crippen molar-refractivity contribution in [2.45, 2.75) is 19.3 Å². The monoisotopic (exact) mass is 344 g/mol. The van der Waals surface area contributed by atoms with Gasteiger partial charge in [-0.05, 0) is 49.2 Å². The highest BCUT2D eigenvalue weighted by Crippen LogP contribution is 2.25. The molecule has 2 aromatic carbocycles. The minimum Gasteiger partial charge on any atom is -0.506 e. The van der Waals surface area contributed by atoms with Gasteiger partial charge in [-0.2, -0.15) is 0 Å². The number of hydrogen-bond acceptors (Lipinski definition) is 3. The van der Waals surface area contributed by atoms with E-state index in [-0.39, 0.29) is 5.75 Å². The molecule has 0 aliphatic heterocycles. The maximum atomic E-state index is 9.84. The highest BCUT2D eigenvalue weighted by Gasteiger charge is 2.09. The van der Waals surface area contributed by atoms with Crippen LogP contribution in [-0.4, -0.2) is 30.6 Å². The Morgan fingerprint density at radius 3 is 2.38 bits per heavy atom. The Labute approximate surface area is 149 Å². The largest absolute Gasteiger partial charge is 0.506 e. The fourth-order valence-corrected chi connectivity index (χ4v) is 2.47. The highest BCUT2D eigenvalue weighted by molar-refractivity contribution is 7.80. The van der Waals surface area contributed by atoms with Crippen molar-refractivity contribution in [1.82, 2.24) is 5.32 Å². The van der Waals surface area contributed by atoms with Crippen LogP contribution in [0.2, 0.25) is 0 Å². The molecule has 2 rings (SSSR count). The van der Waals surface area contributed by atoms with E-state index in [1.807, 2.05) is 32.0 Å². The van der Waals surface area contributed by atoms with E-state index >= 15 is 0 Å². The van der Waals surface area contributed by atoms with E-state index in [4.69, 9.17) is 17.0 Å². The Kier molecular flexibility index (Phi) is 9.16. The molecule has 0 radical (unpaired) electrons. The van der Waals surface area contributed by atoms with Crippen LogP contribution in [0, 0.1) is 0 Å². The first-order chi connectivity index (χ1) is 11.7. The van der Waals surface area contributed by atoms with Crippen LogP contribution in [0.15, 0.2) is 54.6 Å². The molecule has 24 heavy (non-hydrogen) atoms. The smallest absolute Gasteiger partial charge is 0.173 e. The molecular formula is C19H24N2O2S. The molecular weight excluding hydrogens is 320 g/mol. The number of benzene rings is 2. The first-order valence-electron chi connectivity index (χ1n) is 7.81. The number of phenols is 1. The lowest BCUT2D eigenvalue weighted by atomic mass is 10.1. The molecule has 128 valence electrons. The maximum absolute atomic E-state index is 9.84. The molecule has 2 N–H and O–H groups in total. The van der Waals surface area contributed by atoms with E-state index in [1.54, 1.807) is 17.0 Å². The van der Waals surface area contributed by atoms with Crippen molar-refractivity contribution in [2.24, 2.45) is 0 Å². The van der Waals surface area contributed by atoms with E-state index in [2.05, 4.69) is 29.6 Å². The molecule has 0 saturated carbocycles. The normalized spacial score (nSPS) is 9.54. The molecule has 4 nitrogen and oxygen atoms in total. The number of nitrogens with one attached hydrogen (secondary N) is 1. The lowest BCUT2D eigenvalue weighted by molar-refractivity contribution is -0.0979. The van der Waals surface area contributed by atoms with Crippen molar-refractivity contribution in [3.63, 3.8) is 0 Å². The summed E-state index contributed by atoms with van der Waals surface area (Å²) in [6.07, 6.45) is 3.27. The minimum absolute atomic E-state index is 0.234.